The second-order valence-corrected chi connectivity index (χ2v) is 7.14. The summed E-state index contributed by atoms with van der Waals surface area (Å²) in [7, 11) is 0. The molecule has 0 saturated heterocycles. The first kappa shape index (κ1) is 16.1. The van der Waals surface area contributed by atoms with Crippen LogP contribution in [0, 0.1) is 6.92 Å². The molecule has 11 heteroatoms. The number of thioether (sulfide) groups is 2. The maximum Gasteiger partial charge on any atom is 0.268 e. The lowest BCUT2D eigenvalue weighted by molar-refractivity contribution is 0.880. The van der Waals surface area contributed by atoms with Crippen LogP contribution in [0.4, 0.5) is 0 Å². The Balaban J connectivity index is 1.96. The van der Waals surface area contributed by atoms with Crippen molar-refractivity contribution in [3.05, 3.63) is 28.3 Å². The van der Waals surface area contributed by atoms with Crippen LogP contribution >= 0.6 is 23.5 Å². The molecule has 0 aliphatic heterocycles. The van der Waals surface area contributed by atoms with Crippen molar-refractivity contribution in [1.29, 1.82) is 0 Å². The SMILES string of the molecule is CCSc1n[nH]c(-n2ccc3c(c(C)nc4nc(SC)nn43)c2=O)n1. The second kappa shape index (κ2) is 6.15. The van der Waals surface area contributed by atoms with Crippen molar-refractivity contribution in [1.82, 2.24) is 39.3 Å². The van der Waals surface area contributed by atoms with Crippen molar-refractivity contribution >= 4 is 40.2 Å². The molecule has 0 aliphatic rings. The van der Waals surface area contributed by atoms with E-state index in [1.165, 1.54) is 28.1 Å². The van der Waals surface area contributed by atoms with Gasteiger partial charge in [0.05, 0.1) is 16.6 Å². The minimum atomic E-state index is -0.227. The zero-order valence-electron chi connectivity index (χ0n) is 13.7. The largest absolute Gasteiger partial charge is 0.268 e. The van der Waals surface area contributed by atoms with Crippen molar-refractivity contribution in [2.45, 2.75) is 24.2 Å². The summed E-state index contributed by atoms with van der Waals surface area (Å²) < 4.78 is 3.03. The first-order valence-electron chi connectivity index (χ1n) is 7.50. The Kier molecular flexibility index (Phi) is 3.96. The van der Waals surface area contributed by atoms with E-state index >= 15 is 0 Å². The summed E-state index contributed by atoms with van der Waals surface area (Å²) in [5.74, 6) is 1.72. The third kappa shape index (κ3) is 2.59. The molecular formula is C14H14N8OS2. The van der Waals surface area contributed by atoms with Gasteiger partial charge >= 0.3 is 0 Å². The molecule has 0 aromatic carbocycles. The van der Waals surface area contributed by atoms with E-state index in [-0.39, 0.29) is 5.56 Å². The highest BCUT2D eigenvalue weighted by Crippen LogP contribution is 2.18. The first-order valence-corrected chi connectivity index (χ1v) is 9.71. The van der Waals surface area contributed by atoms with Crippen LogP contribution < -0.4 is 5.56 Å². The van der Waals surface area contributed by atoms with E-state index in [1.807, 2.05) is 19.2 Å². The van der Waals surface area contributed by atoms with Gasteiger partial charge in [-0.25, -0.2) is 10.1 Å². The van der Waals surface area contributed by atoms with Crippen molar-refractivity contribution in [3.63, 3.8) is 0 Å². The highest BCUT2D eigenvalue weighted by molar-refractivity contribution is 7.99. The third-order valence-electron chi connectivity index (χ3n) is 3.64. The summed E-state index contributed by atoms with van der Waals surface area (Å²) in [6.07, 6.45) is 3.55. The van der Waals surface area contributed by atoms with Crippen LogP contribution in [0.3, 0.4) is 0 Å². The lowest BCUT2D eigenvalue weighted by Crippen LogP contribution is -2.21. The zero-order chi connectivity index (χ0) is 17.6. The van der Waals surface area contributed by atoms with Crippen LogP contribution in [0.1, 0.15) is 12.6 Å². The van der Waals surface area contributed by atoms with Crippen LogP contribution in [-0.4, -0.2) is 51.3 Å². The number of nitrogens with zero attached hydrogens (tertiary/aromatic N) is 7. The molecule has 0 amide bonds. The van der Waals surface area contributed by atoms with E-state index < -0.39 is 0 Å². The number of rotatable bonds is 4. The van der Waals surface area contributed by atoms with Crippen LogP contribution in [0.2, 0.25) is 0 Å². The van der Waals surface area contributed by atoms with Crippen LogP contribution in [0.5, 0.6) is 0 Å². The van der Waals surface area contributed by atoms with Crippen molar-refractivity contribution < 1.29 is 0 Å². The molecule has 1 N–H and O–H groups in total. The fraction of sp³-hybridized carbons (Fsp3) is 0.286. The number of nitrogens with one attached hydrogen (secondary N) is 1. The molecule has 0 saturated carbocycles. The highest BCUT2D eigenvalue weighted by atomic mass is 32.2. The van der Waals surface area contributed by atoms with Gasteiger partial charge in [0.2, 0.25) is 16.3 Å². The van der Waals surface area contributed by atoms with Gasteiger partial charge in [-0.1, -0.05) is 30.4 Å². The van der Waals surface area contributed by atoms with E-state index in [0.29, 0.717) is 38.6 Å². The van der Waals surface area contributed by atoms with Gasteiger partial charge in [0, 0.05) is 6.20 Å². The van der Waals surface area contributed by atoms with E-state index in [9.17, 15) is 4.79 Å². The highest BCUT2D eigenvalue weighted by Gasteiger charge is 2.16. The summed E-state index contributed by atoms with van der Waals surface area (Å²) in [6.45, 7) is 3.81. The van der Waals surface area contributed by atoms with Gasteiger partial charge in [-0.05, 0) is 25.0 Å². The Morgan fingerprint density at radius 3 is 2.84 bits per heavy atom. The van der Waals surface area contributed by atoms with Crippen molar-refractivity contribution in [3.8, 4) is 5.95 Å². The average Bonchev–Trinajstić information content (AvgIpc) is 3.22. The predicted molar refractivity (Wildman–Crippen MR) is 96.7 cm³/mol. The topological polar surface area (TPSA) is 107 Å². The molecule has 0 spiro atoms. The summed E-state index contributed by atoms with van der Waals surface area (Å²) in [5.41, 5.74) is 1.04. The number of hydrogen-bond acceptors (Lipinski definition) is 8. The molecule has 0 radical (unpaired) electrons. The number of fused-ring (bicyclic) bond motifs is 3. The minimum absolute atomic E-state index is 0.227. The van der Waals surface area contributed by atoms with Crippen molar-refractivity contribution in [2.75, 3.05) is 12.0 Å². The minimum Gasteiger partial charge on any atom is -0.268 e. The molecule has 25 heavy (non-hydrogen) atoms. The molecular weight excluding hydrogens is 360 g/mol. The van der Waals surface area contributed by atoms with E-state index in [2.05, 4.69) is 30.2 Å². The fourth-order valence-electron chi connectivity index (χ4n) is 2.56. The molecule has 0 aliphatic carbocycles. The number of aromatic nitrogens is 8. The monoisotopic (exact) mass is 374 g/mol. The Bertz CT molecular complexity index is 1150. The molecule has 0 atom stereocenters. The standard InChI is InChI=1S/C14H14N8OS2/c1-4-25-13-17-12(18-19-13)21-6-5-8-9(10(21)23)7(2)15-11-16-14(24-3)20-22(8)11/h5-6H,4H2,1-3H3,(H,17,18,19). The van der Waals surface area contributed by atoms with E-state index in [1.54, 1.807) is 17.6 Å². The molecule has 0 bridgehead atoms. The molecule has 4 rings (SSSR count). The first-order chi connectivity index (χ1) is 12.1. The fourth-order valence-corrected chi connectivity index (χ4v) is 3.42. The molecule has 4 aromatic rings. The van der Waals surface area contributed by atoms with E-state index in [0.717, 1.165) is 5.75 Å². The lowest BCUT2D eigenvalue weighted by Gasteiger charge is -2.06. The maximum absolute atomic E-state index is 13.0. The normalized spacial score (nSPS) is 11.6. The summed E-state index contributed by atoms with van der Waals surface area (Å²) in [4.78, 5) is 26.1. The summed E-state index contributed by atoms with van der Waals surface area (Å²) in [6, 6.07) is 1.81. The van der Waals surface area contributed by atoms with Gasteiger partial charge in [0.1, 0.15) is 0 Å². The third-order valence-corrected chi connectivity index (χ3v) is 4.90. The number of H-pyrrole nitrogens is 1. The Morgan fingerprint density at radius 2 is 2.08 bits per heavy atom. The number of hydrogen-bond donors (Lipinski definition) is 1. The number of aryl methyl sites for hydroxylation is 1. The smallest absolute Gasteiger partial charge is 0.268 e. The van der Waals surface area contributed by atoms with Crippen molar-refractivity contribution in [2.24, 2.45) is 0 Å². The number of pyridine rings is 1. The Hall–Kier alpha value is -2.40. The van der Waals surface area contributed by atoms with Gasteiger partial charge in [0.15, 0.2) is 0 Å². The van der Waals surface area contributed by atoms with E-state index in [4.69, 9.17) is 0 Å². The molecule has 0 fully saturated rings. The van der Waals surface area contributed by atoms with Gasteiger partial charge in [-0.15, -0.1) is 10.2 Å². The van der Waals surface area contributed by atoms with Gasteiger partial charge < -0.3 is 0 Å². The lowest BCUT2D eigenvalue weighted by atomic mass is 10.2. The molecule has 128 valence electrons. The average molecular weight is 374 g/mol. The Labute approximate surface area is 150 Å². The van der Waals surface area contributed by atoms with Gasteiger partial charge in [-0.3, -0.25) is 9.36 Å². The van der Waals surface area contributed by atoms with Crippen LogP contribution in [0.15, 0.2) is 27.4 Å². The molecule has 4 aromatic heterocycles. The second-order valence-electron chi connectivity index (χ2n) is 5.13. The zero-order valence-corrected chi connectivity index (χ0v) is 15.4. The Morgan fingerprint density at radius 1 is 1.24 bits per heavy atom. The maximum atomic E-state index is 13.0. The molecule has 9 nitrogen and oxygen atoms in total. The molecule has 0 unspecified atom stereocenters. The summed E-state index contributed by atoms with van der Waals surface area (Å²) >= 11 is 2.93. The predicted octanol–water partition coefficient (Wildman–Crippen LogP) is 1.69. The molecule has 4 heterocycles. The number of aromatic amines is 1. The van der Waals surface area contributed by atoms with Crippen LogP contribution in [-0.2, 0) is 0 Å². The van der Waals surface area contributed by atoms with Gasteiger partial charge in [0.25, 0.3) is 11.3 Å². The summed E-state index contributed by atoms with van der Waals surface area (Å²) in [5, 5.41) is 13.0. The van der Waals surface area contributed by atoms with Crippen LogP contribution in [0.25, 0.3) is 22.6 Å². The van der Waals surface area contributed by atoms with Gasteiger partial charge in [-0.2, -0.15) is 14.5 Å². The quantitative estimate of drug-likeness (QED) is 0.538.